The summed E-state index contributed by atoms with van der Waals surface area (Å²) in [6.45, 7) is 1.73. The van der Waals surface area contributed by atoms with Crippen LogP contribution in [0.5, 0.6) is 0 Å². The summed E-state index contributed by atoms with van der Waals surface area (Å²) >= 11 is 1.52. The van der Waals surface area contributed by atoms with Crippen LogP contribution in [0.2, 0.25) is 0 Å². The predicted molar refractivity (Wildman–Crippen MR) is 55.5 cm³/mol. The zero-order chi connectivity index (χ0) is 11.5. The number of carboxylic acid groups (broad SMARTS) is 1. The van der Waals surface area contributed by atoms with E-state index < -0.39 is 12.0 Å². The van der Waals surface area contributed by atoms with Gasteiger partial charge in [-0.05, 0) is 23.1 Å². The SMILES string of the molecule is CCC(C(=O)[O-])n1nnc(-c2ccsc2)n1.[Na+]. The second-order valence-electron chi connectivity index (χ2n) is 3.19. The Morgan fingerprint density at radius 3 is 2.94 bits per heavy atom. The van der Waals surface area contributed by atoms with E-state index in [0.29, 0.717) is 12.2 Å². The van der Waals surface area contributed by atoms with E-state index >= 15 is 0 Å². The first-order valence-electron chi connectivity index (χ1n) is 4.75. The second-order valence-corrected chi connectivity index (χ2v) is 3.97. The minimum Gasteiger partial charge on any atom is -0.548 e. The topological polar surface area (TPSA) is 83.7 Å². The molecule has 0 N–H and O–H groups in total. The summed E-state index contributed by atoms with van der Waals surface area (Å²) in [5, 5.41) is 26.1. The predicted octanol–water partition coefficient (Wildman–Crippen LogP) is -2.89. The van der Waals surface area contributed by atoms with Crippen LogP contribution >= 0.6 is 11.3 Å². The second kappa shape index (κ2) is 6.25. The van der Waals surface area contributed by atoms with Gasteiger partial charge in [0.1, 0.15) is 6.04 Å². The molecule has 2 rings (SSSR count). The fourth-order valence-corrected chi connectivity index (χ4v) is 1.92. The molecule has 0 fully saturated rings. The molecule has 1 unspecified atom stereocenters. The number of thiophene rings is 1. The Kier molecular flexibility index (Phi) is 5.26. The zero-order valence-electron chi connectivity index (χ0n) is 9.53. The van der Waals surface area contributed by atoms with Crippen LogP contribution in [0.1, 0.15) is 19.4 Å². The standard InChI is InChI=1S/C9H10N4O2S.Na/c1-2-7(9(14)15)13-11-8(10-12-13)6-3-4-16-5-6;/h3-5,7H,2H2,1H3,(H,14,15);/q;+1/p-1. The van der Waals surface area contributed by atoms with Gasteiger partial charge in [-0.2, -0.15) is 16.1 Å². The van der Waals surface area contributed by atoms with Gasteiger partial charge in [0, 0.05) is 10.9 Å². The molecule has 0 saturated carbocycles. The van der Waals surface area contributed by atoms with Gasteiger partial charge in [-0.25, -0.2) is 0 Å². The van der Waals surface area contributed by atoms with Crippen molar-refractivity contribution in [2.75, 3.05) is 0 Å². The average Bonchev–Trinajstić information content (AvgIpc) is 2.86. The van der Waals surface area contributed by atoms with Gasteiger partial charge < -0.3 is 9.90 Å². The van der Waals surface area contributed by atoms with Crippen LogP contribution in [0.15, 0.2) is 16.8 Å². The Morgan fingerprint density at radius 2 is 2.41 bits per heavy atom. The summed E-state index contributed by atoms with van der Waals surface area (Å²) in [4.78, 5) is 11.9. The fraction of sp³-hybridized carbons (Fsp3) is 0.333. The number of hydrogen-bond acceptors (Lipinski definition) is 6. The number of aromatic nitrogens is 4. The van der Waals surface area contributed by atoms with Crippen molar-refractivity contribution in [3.8, 4) is 11.4 Å². The minimum absolute atomic E-state index is 0. The van der Waals surface area contributed by atoms with Crippen LogP contribution in [0, 0.1) is 0 Å². The molecule has 0 amide bonds. The first-order valence-corrected chi connectivity index (χ1v) is 5.69. The van der Waals surface area contributed by atoms with E-state index in [2.05, 4.69) is 15.4 Å². The third kappa shape index (κ3) is 3.12. The van der Waals surface area contributed by atoms with Crippen LogP contribution in [-0.2, 0) is 4.79 Å². The maximum atomic E-state index is 10.8. The molecule has 0 aliphatic carbocycles. The third-order valence-electron chi connectivity index (χ3n) is 2.15. The van der Waals surface area contributed by atoms with Gasteiger partial charge in [0.2, 0.25) is 5.82 Å². The molecule has 17 heavy (non-hydrogen) atoms. The van der Waals surface area contributed by atoms with Crippen LogP contribution in [0.4, 0.5) is 0 Å². The molecule has 0 spiro atoms. The van der Waals surface area contributed by atoms with Crippen molar-refractivity contribution in [2.45, 2.75) is 19.4 Å². The summed E-state index contributed by atoms with van der Waals surface area (Å²) in [6.07, 6.45) is 0.363. The number of aliphatic carboxylic acids is 1. The summed E-state index contributed by atoms with van der Waals surface area (Å²) in [5.41, 5.74) is 0.837. The number of rotatable bonds is 4. The van der Waals surface area contributed by atoms with E-state index in [0.717, 1.165) is 10.4 Å². The van der Waals surface area contributed by atoms with Gasteiger partial charge in [0.15, 0.2) is 0 Å². The molecule has 8 heteroatoms. The monoisotopic (exact) mass is 260 g/mol. The van der Waals surface area contributed by atoms with Crippen LogP contribution in [0.3, 0.4) is 0 Å². The smallest absolute Gasteiger partial charge is 0.548 e. The van der Waals surface area contributed by atoms with E-state index in [-0.39, 0.29) is 29.6 Å². The van der Waals surface area contributed by atoms with Gasteiger partial charge >= 0.3 is 29.6 Å². The van der Waals surface area contributed by atoms with Crippen LogP contribution < -0.4 is 34.7 Å². The number of carbonyl (C=O) groups excluding carboxylic acids is 1. The molecular weight excluding hydrogens is 251 g/mol. The van der Waals surface area contributed by atoms with Gasteiger partial charge in [0.25, 0.3) is 0 Å². The first-order chi connectivity index (χ1) is 7.72. The molecule has 1 atom stereocenters. The summed E-state index contributed by atoms with van der Waals surface area (Å²) < 4.78 is 0. The van der Waals surface area contributed by atoms with Crippen LogP contribution in [0.25, 0.3) is 11.4 Å². The van der Waals surface area contributed by atoms with E-state index in [1.807, 2.05) is 16.8 Å². The van der Waals surface area contributed by atoms with Gasteiger partial charge in [0.05, 0.1) is 5.97 Å². The number of tetrazole rings is 1. The number of carbonyl (C=O) groups is 1. The van der Waals surface area contributed by atoms with Crippen molar-refractivity contribution in [2.24, 2.45) is 0 Å². The van der Waals surface area contributed by atoms with Crippen molar-refractivity contribution in [1.29, 1.82) is 0 Å². The molecule has 0 aromatic carbocycles. The molecule has 6 nitrogen and oxygen atoms in total. The molecule has 84 valence electrons. The maximum absolute atomic E-state index is 10.8. The molecule has 2 aromatic heterocycles. The van der Waals surface area contributed by atoms with Crippen molar-refractivity contribution >= 4 is 17.3 Å². The Morgan fingerprint density at radius 1 is 1.65 bits per heavy atom. The van der Waals surface area contributed by atoms with Crippen molar-refractivity contribution in [3.05, 3.63) is 16.8 Å². The molecule has 2 heterocycles. The van der Waals surface area contributed by atoms with Crippen molar-refractivity contribution in [1.82, 2.24) is 20.2 Å². The molecule has 0 aliphatic rings. The Labute approximate surface area is 124 Å². The van der Waals surface area contributed by atoms with E-state index in [4.69, 9.17) is 0 Å². The summed E-state index contributed by atoms with van der Waals surface area (Å²) in [6, 6.07) is 0.992. The maximum Gasteiger partial charge on any atom is 1.00 e. The molecule has 0 saturated heterocycles. The molecule has 0 aliphatic heterocycles. The van der Waals surface area contributed by atoms with Gasteiger partial charge in [-0.15, -0.1) is 10.2 Å². The Hall–Kier alpha value is -0.760. The normalized spacial score (nSPS) is 11.8. The third-order valence-corrected chi connectivity index (χ3v) is 2.83. The minimum atomic E-state index is -1.20. The fourth-order valence-electron chi connectivity index (χ4n) is 1.29. The molecule has 0 bridgehead atoms. The first kappa shape index (κ1) is 14.3. The zero-order valence-corrected chi connectivity index (χ0v) is 12.3. The van der Waals surface area contributed by atoms with Crippen molar-refractivity contribution in [3.63, 3.8) is 0 Å². The summed E-state index contributed by atoms with van der Waals surface area (Å²) in [5.74, 6) is -0.766. The number of hydrogen-bond donors (Lipinski definition) is 0. The van der Waals surface area contributed by atoms with E-state index in [1.165, 1.54) is 11.3 Å². The Balaban J connectivity index is 0.00000144. The molecule has 0 radical (unpaired) electrons. The van der Waals surface area contributed by atoms with E-state index in [1.54, 1.807) is 6.92 Å². The quantitative estimate of drug-likeness (QED) is 0.551. The summed E-state index contributed by atoms with van der Waals surface area (Å²) in [7, 11) is 0. The average molecular weight is 260 g/mol. The van der Waals surface area contributed by atoms with E-state index in [9.17, 15) is 9.90 Å². The van der Waals surface area contributed by atoms with Gasteiger partial charge in [-0.3, -0.25) is 0 Å². The Bertz CT molecular complexity index is 485. The van der Waals surface area contributed by atoms with Crippen molar-refractivity contribution < 1.29 is 39.5 Å². The molecular formula is C9H9N4NaO2S. The number of carboxylic acids is 1. The number of nitrogens with zero attached hydrogens (tertiary/aromatic N) is 4. The van der Waals surface area contributed by atoms with Crippen LogP contribution in [-0.4, -0.2) is 26.2 Å². The molecule has 2 aromatic rings. The largest absolute Gasteiger partial charge is 1.00 e. The van der Waals surface area contributed by atoms with Gasteiger partial charge in [-0.1, -0.05) is 6.92 Å².